The van der Waals surface area contributed by atoms with Gasteiger partial charge in [0.25, 0.3) is 10.0 Å². The maximum atomic E-state index is 14.1. The van der Waals surface area contributed by atoms with E-state index in [1.54, 1.807) is 56.5 Å². The molecule has 0 saturated carbocycles. The number of rotatable bonds is 12. The number of carbonyl (C=O) groups is 2. The number of sulfonamides is 1. The number of nitrogens with zero attached hydrogens (tertiary/aromatic N) is 2. The average Bonchev–Trinajstić information content (AvgIpc) is 2.92. The van der Waals surface area contributed by atoms with Crippen molar-refractivity contribution in [3.8, 4) is 5.75 Å². The second-order valence-electron chi connectivity index (χ2n) is 9.71. The third-order valence-electron chi connectivity index (χ3n) is 6.37. The number of para-hydroxylation sites is 1. The van der Waals surface area contributed by atoms with Crippen LogP contribution in [0.3, 0.4) is 0 Å². The van der Waals surface area contributed by atoms with Crippen molar-refractivity contribution < 1.29 is 22.7 Å². The first-order valence-electron chi connectivity index (χ1n) is 13.0. The molecule has 0 aliphatic rings. The normalized spacial score (nSPS) is 12.1. The summed E-state index contributed by atoms with van der Waals surface area (Å²) in [6.07, 6.45) is 0.336. The standard InChI is InChI=1S/C30H36ClN3O5S/c1-6-27(30(36)32-21(2)3)33(19-23-11-9-12-25(18-23)39-5)29(35)20-34(28-13-8-7-10-22(28)4)40(37,38)26-16-14-24(31)15-17-26/h7-18,21,27H,6,19-20H2,1-5H3,(H,32,36)/t27-/m1/s1. The first-order valence-corrected chi connectivity index (χ1v) is 14.9. The van der Waals surface area contributed by atoms with E-state index in [4.69, 9.17) is 16.3 Å². The van der Waals surface area contributed by atoms with Crippen molar-refractivity contribution in [1.82, 2.24) is 10.2 Å². The van der Waals surface area contributed by atoms with E-state index < -0.39 is 28.5 Å². The number of nitrogens with one attached hydrogen (secondary N) is 1. The largest absolute Gasteiger partial charge is 0.497 e. The van der Waals surface area contributed by atoms with E-state index in [1.165, 1.54) is 29.2 Å². The van der Waals surface area contributed by atoms with Gasteiger partial charge in [-0.1, -0.05) is 48.9 Å². The summed E-state index contributed by atoms with van der Waals surface area (Å²) in [4.78, 5) is 28.8. The molecule has 0 unspecified atom stereocenters. The van der Waals surface area contributed by atoms with E-state index >= 15 is 0 Å². The smallest absolute Gasteiger partial charge is 0.264 e. The molecule has 0 spiro atoms. The van der Waals surface area contributed by atoms with Gasteiger partial charge < -0.3 is 15.0 Å². The molecule has 3 aromatic carbocycles. The van der Waals surface area contributed by atoms with Gasteiger partial charge in [-0.15, -0.1) is 0 Å². The van der Waals surface area contributed by atoms with Gasteiger partial charge in [0.15, 0.2) is 0 Å². The minimum Gasteiger partial charge on any atom is -0.497 e. The Morgan fingerprint density at radius 1 is 1.00 bits per heavy atom. The maximum absolute atomic E-state index is 14.1. The van der Waals surface area contributed by atoms with Gasteiger partial charge in [0.2, 0.25) is 11.8 Å². The molecule has 1 N–H and O–H groups in total. The Balaban J connectivity index is 2.08. The van der Waals surface area contributed by atoms with E-state index in [1.807, 2.05) is 26.8 Å². The van der Waals surface area contributed by atoms with Crippen LogP contribution in [0.5, 0.6) is 5.75 Å². The highest BCUT2D eigenvalue weighted by Crippen LogP contribution is 2.28. The molecule has 0 aliphatic carbocycles. The quantitative estimate of drug-likeness (QED) is 0.316. The first-order chi connectivity index (χ1) is 19.0. The number of benzene rings is 3. The zero-order chi connectivity index (χ0) is 29.4. The lowest BCUT2D eigenvalue weighted by molar-refractivity contribution is -0.140. The summed E-state index contributed by atoms with van der Waals surface area (Å²) in [6, 6.07) is 19.0. The van der Waals surface area contributed by atoms with Gasteiger partial charge in [0, 0.05) is 17.6 Å². The third-order valence-corrected chi connectivity index (χ3v) is 8.39. The fraction of sp³-hybridized carbons (Fsp3) is 0.333. The Labute approximate surface area is 241 Å². The molecule has 0 fully saturated rings. The van der Waals surface area contributed by atoms with Gasteiger partial charge in [-0.05, 0) is 80.8 Å². The highest BCUT2D eigenvalue weighted by atomic mass is 35.5. The van der Waals surface area contributed by atoms with Crippen LogP contribution in [-0.2, 0) is 26.2 Å². The predicted molar refractivity (Wildman–Crippen MR) is 158 cm³/mol. The van der Waals surface area contributed by atoms with Crippen LogP contribution in [0.15, 0.2) is 77.7 Å². The number of anilines is 1. The molecule has 1 atom stereocenters. The van der Waals surface area contributed by atoms with Crippen molar-refractivity contribution in [3.05, 3.63) is 88.9 Å². The van der Waals surface area contributed by atoms with Crippen LogP contribution in [-0.4, -0.2) is 50.9 Å². The fourth-order valence-corrected chi connectivity index (χ4v) is 5.96. The molecule has 0 aromatic heterocycles. The summed E-state index contributed by atoms with van der Waals surface area (Å²) < 4.78 is 34.3. The Morgan fingerprint density at radius 2 is 1.68 bits per heavy atom. The summed E-state index contributed by atoms with van der Waals surface area (Å²) in [7, 11) is -2.62. The summed E-state index contributed by atoms with van der Waals surface area (Å²) in [6.45, 7) is 6.87. The second-order valence-corrected chi connectivity index (χ2v) is 12.0. The van der Waals surface area contributed by atoms with Crippen LogP contribution in [0, 0.1) is 6.92 Å². The summed E-state index contributed by atoms with van der Waals surface area (Å²) >= 11 is 6.01. The summed E-state index contributed by atoms with van der Waals surface area (Å²) in [5.41, 5.74) is 1.79. The average molecular weight is 586 g/mol. The number of aryl methyl sites for hydroxylation is 1. The molecule has 3 rings (SSSR count). The number of halogens is 1. The molecule has 0 bridgehead atoms. The minimum atomic E-state index is -4.17. The van der Waals surface area contributed by atoms with Gasteiger partial charge in [0.05, 0.1) is 17.7 Å². The zero-order valence-electron chi connectivity index (χ0n) is 23.4. The zero-order valence-corrected chi connectivity index (χ0v) is 25.0. The van der Waals surface area contributed by atoms with Gasteiger partial charge in [-0.25, -0.2) is 8.42 Å². The molecule has 0 aliphatic heterocycles. The van der Waals surface area contributed by atoms with Crippen LogP contribution in [0.25, 0.3) is 0 Å². The molecule has 0 saturated heterocycles. The summed E-state index contributed by atoms with van der Waals surface area (Å²) in [5, 5.41) is 3.28. The highest BCUT2D eigenvalue weighted by Gasteiger charge is 2.34. The van der Waals surface area contributed by atoms with E-state index in [2.05, 4.69) is 5.32 Å². The Bertz CT molecular complexity index is 1430. The first kappa shape index (κ1) is 31.0. The van der Waals surface area contributed by atoms with Crippen molar-refractivity contribution in [2.75, 3.05) is 18.0 Å². The van der Waals surface area contributed by atoms with Crippen molar-refractivity contribution in [1.29, 1.82) is 0 Å². The Kier molecular flexibility index (Phi) is 10.6. The predicted octanol–water partition coefficient (Wildman–Crippen LogP) is 5.18. The second kappa shape index (κ2) is 13.7. The van der Waals surface area contributed by atoms with Crippen LogP contribution in [0.1, 0.15) is 38.3 Å². The lowest BCUT2D eigenvalue weighted by atomic mass is 10.1. The van der Waals surface area contributed by atoms with Gasteiger partial charge in [-0.2, -0.15) is 0 Å². The fourth-order valence-electron chi connectivity index (χ4n) is 4.36. The van der Waals surface area contributed by atoms with Crippen molar-refractivity contribution >= 4 is 39.1 Å². The molecular formula is C30H36ClN3O5S. The number of carbonyl (C=O) groups excluding carboxylic acids is 2. The maximum Gasteiger partial charge on any atom is 0.264 e. The van der Waals surface area contributed by atoms with Gasteiger partial charge in [-0.3, -0.25) is 13.9 Å². The highest BCUT2D eigenvalue weighted by molar-refractivity contribution is 7.92. The number of hydrogen-bond acceptors (Lipinski definition) is 5. The molecule has 8 nitrogen and oxygen atoms in total. The van der Waals surface area contributed by atoms with E-state index in [0.717, 1.165) is 9.87 Å². The van der Waals surface area contributed by atoms with Crippen LogP contribution in [0.4, 0.5) is 5.69 Å². The lowest BCUT2D eigenvalue weighted by Gasteiger charge is -2.34. The topological polar surface area (TPSA) is 96.0 Å². The number of ether oxygens (including phenoxy) is 1. The third kappa shape index (κ3) is 7.55. The number of hydrogen-bond donors (Lipinski definition) is 1. The molecule has 0 heterocycles. The molecule has 0 radical (unpaired) electrons. The van der Waals surface area contributed by atoms with Crippen LogP contribution >= 0.6 is 11.6 Å². The minimum absolute atomic E-state index is 0.00288. The SMILES string of the molecule is CC[C@H](C(=O)NC(C)C)N(Cc1cccc(OC)c1)C(=O)CN(c1ccccc1C)S(=O)(=O)c1ccc(Cl)cc1. The number of methoxy groups -OCH3 is 1. The van der Waals surface area contributed by atoms with Gasteiger partial charge in [0.1, 0.15) is 18.3 Å². The van der Waals surface area contributed by atoms with Crippen LogP contribution in [0.2, 0.25) is 5.02 Å². The Hall–Kier alpha value is -3.56. The molecule has 3 aromatic rings. The van der Waals surface area contributed by atoms with Crippen molar-refractivity contribution in [2.45, 2.75) is 57.6 Å². The Morgan fingerprint density at radius 3 is 2.27 bits per heavy atom. The molecule has 40 heavy (non-hydrogen) atoms. The molecule has 214 valence electrons. The van der Waals surface area contributed by atoms with Crippen LogP contribution < -0.4 is 14.4 Å². The van der Waals surface area contributed by atoms with Gasteiger partial charge >= 0.3 is 0 Å². The van der Waals surface area contributed by atoms with E-state index in [-0.39, 0.29) is 23.4 Å². The number of amides is 2. The van der Waals surface area contributed by atoms with Crippen molar-refractivity contribution in [3.63, 3.8) is 0 Å². The molecular weight excluding hydrogens is 550 g/mol. The molecule has 10 heteroatoms. The van der Waals surface area contributed by atoms with E-state index in [9.17, 15) is 18.0 Å². The lowest BCUT2D eigenvalue weighted by Crippen LogP contribution is -2.53. The van der Waals surface area contributed by atoms with E-state index in [0.29, 0.717) is 28.4 Å². The monoisotopic (exact) mass is 585 g/mol. The van der Waals surface area contributed by atoms with Crippen molar-refractivity contribution in [2.24, 2.45) is 0 Å². The molecule has 2 amide bonds. The summed E-state index contributed by atoms with van der Waals surface area (Å²) in [5.74, 6) is -0.220.